The number of nitrogens with zero attached hydrogens (tertiary/aromatic N) is 3. The maximum absolute atomic E-state index is 12.4. The first kappa shape index (κ1) is 15.1. The van der Waals surface area contributed by atoms with Crippen molar-refractivity contribution in [2.45, 2.75) is 36.4 Å². The molecule has 2 aliphatic rings. The number of likely N-dealkylation sites (tertiary alicyclic amines) is 1. The van der Waals surface area contributed by atoms with Gasteiger partial charge in [-0.05, 0) is 24.7 Å². The quantitative estimate of drug-likeness (QED) is 0.862. The molecule has 0 unspecified atom stereocenters. The number of piperidine rings is 1. The zero-order chi connectivity index (χ0) is 14.7. The van der Waals surface area contributed by atoms with Gasteiger partial charge < -0.3 is 10.2 Å². The Hall–Kier alpha value is -0.820. The SMILES string of the molecule is CNc1nnc(SCC(=O)N2CC[C@H]3CCCC[C@@H]3C2)s1. The summed E-state index contributed by atoms with van der Waals surface area (Å²) in [6.45, 7) is 1.92. The van der Waals surface area contributed by atoms with E-state index in [1.807, 2.05) is 7.05 Å². The van der Waals surface area contributed by atoms with Crippen LogP contribution >= 0.6 is 23.1 Å². The van der Waals surface area contributed by atoms with Crippen molar-refractivity contribution >= 4 is 34.1 Å². The molecule has 21 heavy (non-hydrogen) atoms. The average Bonchev–Trinajstić information content (AvgIpc) is 3.00. The third kappa shape index (κ3) is 3.69. The highest BCUT2D eigenvalue weighted by molar-refractivity contribution is 8.01. The predicted molar refractivity (Wildman–Crippen MR) is 86.8 cm³/mol. The molecule has 0 aromatic carbocycles. The second-order valence-electron chi connectivity index (χ2n) is 5.84. The molecule has 0 bridgehead atoms. The summed E-state index contributed by atoms with van der Waals surface area (Å²) >= 11 is 3.00. The van der Waals surface area contributed by atoms with Gasteiger partial charge in [0.1, 0.15) is 0 Å². The Bertz CT molecular complexity index is 493. The van der Waals surface area contributed by atoms with E-state index in [1.165, 1.54) is 55.2 Å². The van der Waals surface area contributed by atoms with Crippen molar-refractivity contribution in [2.75, 3.05) is 31.2 Å². The molecule has 1 saturated heterocycles. The molecule has 1 aliphatic heterocycles. The van der Waals surface area contributed by atoms with Crippen molar-refractivity contribution < 1.29 is 4.79 Å². The standard InChI is InChI=1S/C14H22N4OS2/c1-15-13-16-17-14(21-13)20-9-12(19)18-7-6-10-4-2-3-5-11(10)8-18/h10-11H,2-9H2,1H3,(H,15,16)/t10-,11-/m1/s1. The van der Waals surface area contributed by atoms with Gasteiger partial charge in [0.15, 0.2) is 4.34 Å². The zero-order valence-electron chi connectivity index (χ0n) is 12.4. The van der Waals surface area contributed by atoms with Crippen LogP contribution < -0.4 is 5.32 Å². The molecule has 2 heterocycles. The summed E-state index contributed by atoms with van der Waals surface area (Å²) in [6.07, 6.45) is 6.61. The molecule has 5 nitrogen and oxygen atoms in total. The molecule has 1 N–H and O–H groups in total. The maximum Gasteiger partial charge on any atom is 0.233 e. The Morgan fingerprint density at radius 2 is 2.14 bits per heavy atom. The third-order valence-electron chi connectivity index (χ3n) is 4.58. The van der Waals surface area contributed by atoms with E-state index in [0.717, 1.165) is 34.4 Å². The molecule has 1 saturated carbocycles. The highest BCUT2D eigenvalue weighted by Crippen LogP contribution is 2.36. The molecule has 0 radical (unpaired) electrons. The van der Waals surface area contributed by atoms with E-state index in [0.29, 0.717) is 5.75 Å². The smallest absolute Gasteiger partial charge is 0.233 e. The van der Waals surface area contributed by atoms with Crippen molar-refractivity contribution in [1.82, 2.24) is 15.1 Å². The molecule has 0 spiro atoms. The fraction of sp³-hybridized carbons (Fsp3) is 0.786. The van der Waals surface area contributed by atoms with Crippen molar-refractivity contribution in [3.63, 3.8) is 0 Å². The lowest BCUT2D eigenvalue weighted by Gasteiger charge is -2.41. The topological polar surface area (TPSA) is 58.1 Å². The number of carbonyl (C=O) groups is 1. The van der Waals surface area contributed by atoms with Gasteiger partial charge in [-0.25, -0.2) is 0 Å². The summed E-state index contributed by atoms with van der Waals surface area (Å²) in [4.78, 5) is 14.4. The van der Waals surface area contributed by atoms with Gasteiger partial charge in [-0.15, -0.1) is 10.2 Å². The second-order valence-corrected chi connectivity index (χ2v) is 8.04. The van der Waals surface area contributed by atoms with Crippen molar-refractivity contribution in [3.8, 4) is 0 Å². The number of rotatable bonds is 4. The molecule has 7 heteroatoms. The molecule has 2 fully saturated rings. The van der Waals surface area contributed by atoms with Crippen molar-refractivity contribution in [2.24, 2.45) is 11.8 Å². The molecular formula is C14H22N4OS2. The number of carbonyl (C=O) groups excluding carboxylic acids is 1. The number of hydrogen-bond donors (Lipinski definition) is 1. The normalized spacial score (nSPS) is 25.5. The van der Waals surface area contributed by atoms with Crippen molar-refractivity contribution in [3.05, 3.63) is 0 Å². The van der Waals surface area contributed by atoms with Crippen molar-refractivity contribution in [1.29, 1.82) is 0 Å². The summed E-state index contributed by atoms with van der Waals surface area (Å²) in [5, 5.41) is 11.8. The van der Waals surface area contributed by atoms with Crippen LogP contribution in [0.25, 0.3) is 0 Å². The Kier molecular flexibility index (Phi) is 5.00. The number of aromatic nitrogens is 2. The van der Waals surface area contributed by atoms with Crippen LogP contribution in [0, 0.1) is 11.8 Å². The van der Waals surface area contributed by atoms with Crippen LogP contribution in [0.2, 0.25) is 0 Å². The van der Waals surface area contributed by atoms with Gasteiger partial charge in [-0.3, -0.25) is 4.79 Å². The summed E-state index contributed by atoms with van der Waals surface area (Å²) < 4.78 is 0.861. The lowest BCUT2D eigenvalue weighted by Crippen LogP contribution is -2.45. The van der Waals surface area contributed by atoms with Crippen LogP contribution in [0.1, 0.15) is 32.1 Å². The zero-order valence-corrected chi connectivity index (χ0v) is 14.0. The van der Waals surface area contributed by atoms with Gasteiger partial charge in [-0.2, -0.15) is 0 Å². The molecular weight excluding hydrogens is 304 g/mol. The average molecular weight is 326 g/mol. The van der Waals surface area contributed by atoms with Crippen LogP contribution in [0.15, 0.2) is 4.34 Å². The molecule has 116 valence electrons. The Morgan fingerprint density at radius 3 is 2.90 bits per heavy atom. The van der Waals surface area contributed by atoms with Gasteiger partial charge >= 0.3 is 0 Å². The van der Waals surface area contributed by atoms with E-state index in [2.05, 4.69) is 20.4 Å². The summed E-state index contributed by atoms with van der Waals surface area (Å²) in [6, 6.07) is 0. The van der Waals surface area contributed by atoms with E-state index >= 15 is 0 Å². The fourth-order valence-corrected chi connectivity index (χ4v) is 5.02. The van der Waals surface area contributed by atoms with Gasteiger partial charge in [0, 0.05) is 20.1 Å². The van der Waals surface area contributed by atoms with Gasteiger partial charge in [-0.1, -0.05) is 42.4 Å². The van der Waals surface area contributed by atoms with E-state index < -0.39 is 0 Å². The van der Waals surface area contributed by atoms with Crippen LogP contribution in [0.5, 0.6) is 0 Å². The molecule has 1 aromatic heterocycles. The summed E-state index contributed by atoms with van der Waals surface area (Å²) in [5.74, 6) is 2.36. The minimum absolute atomic E-state index is 0.255. The minimum atomic E-state index is 0.255. The lowest BCUT2D eigenvalue weighted by molar-refractivity contribution is -0.131. The van der Waals surface area contributed by atoms with Crippen LogP contribution in [-0.4, -0.2) is 46.9 Å². The van der Waals surface area contributed by atoms with Crippen LogP contribution in [0.4, 0.5) is 5.13 Å². The summed E-state index contributed by atoms with van der Waals surface area (Å²) in [7, 11) is 1.83. The van der Waals surface area contributed by atoms with E-state index in [1.54, 1.807) is 0 Å². The van der Waals surface area contributed by atoms with Gasteiger partial charge in [0.2, 0.25) is 11.0 Å². The monoisotopic (exact) mass is 326 g/mol. The Labute approximate surface area is 133 Å². The molecule has 2 atom stereocenters. The Morgan fingerprint density at radius 1 is 1.33 bits per heavy atom. The number of fused-ring (bicyclic) bond motifs is 1. The predicted octanol–water partition coefficient (Wildman–Crippen LogP) is 2.71. The molecule has 1 aromatic rings. The molecule has 1 amide bonds. The van der Waals surface area contributed by atoms with Crippen LogP contribution in [-0.2, 0) is 4.79 Å². The molecule has 1 aliphatic carbocycles. The highest BCUT2D eigenvalue weighted by Gasteiger charge is 2.32. The number of thioether (sulfide) groups is 1. The number of anilines is 1. The second kappa shape index (κ2) is 6.96. The third-order valence-corrected chi connectivity index (χ3v) is 6.64. The number of nitrogens with one attached hydrogen (secondary N) is 1. The Balaban J connectivity index is 1.49. The van der Waals surface area contributed by atoms with Gasteiger partial charge in [0.05, 0.1) is 5.75 Å². The van der Waals surface area contributed by atoms with Gasteiger partial charge in [0.25, 0.3) is 0 Å². The summed E-state index contributed by atoms with van der Waals surface area (Å²) in [5.41, 5.74) is 0. The van der Waals surface area contributed by atoms with E-state index in [-0.39, 0.29) is 5.91 Å². The van der Waals surface area contributed by atoms with E-state index in [9.17, 15) is 4.79 Å². The van der Waals surface area contributed by atoms with Crippen LogP contribution in [0.3, 0.4) is 0 Å². The minimum Gasteiger partial charge on any atom is -0.363 e. The molecule has 3 rings (SSSR count). The number of hydrogen-bond acceptors (Lipinski definition) is 6. The number of amides is 1. The van der Waals surface area contributed by atoms with E-state index in [4.69, 9.17) is 0 Å². The lowest BCUT2D eigenvalue weighted by atomic mass is 9.75. The highest BCUT2D eigenvalue weighted by atomic mass is 32.2. The first-order valence-corrected chi connectivity index (χ1v) is 9.48. The first-order chi connectivity index (χ1) is 10.3. The maximum atomic E-state index is 12.4. The first-order valence-electron chi connectivity index (χ1n) is 7.68. The largest absolute Gasteiger partial charge is 0.363 e. The fourth-order valence-electron chi connectivity index (χ4n) is 3.41.